The molecule has 1 aromatic rings. The van der Waals surface area contributed by atoms with Gasteiger partial charge in [0.2, 0.25) is 10.0 Å². The molecule has 0 fully saturated rings. The molecule has 2 N–H and O–H groups in total. The van der Waals surface area contributed by atoms with Crippen molar-refractivity contribution in [3.05, 3.63) is 29.3 Å². The summed E-state index contributed by atoms with van der Waals surface area (Å²) in [5.74, 6) is -2.36. The zero-order valence-corrected chi connectivity index (χ0v) is 13.6. The molecule has 1 atom stereocenters. The number of carboxylic acid groups (broad SMARTS) is 1. The SMILES string of the molecule is COC(=O)c1cc(S(=O)(=O)N[C@@H](C(=O)O)C(C)C)ccc1C. The van der Waals surface area contributed by atoms with Crippen LogP contribution in [0.3, 0.4) is 0 Å². The van der Waals surface area contributed by atoms with E-state index in [2.05, 4.69) is 9.46 Å². The maximum atomic E-state index is 12.3. The first kappa shape index (κ1) is 18.1. The molecular weight excluding hydrogens is 310 g/mol. The van der Waals surface area contributed by atoms with E-state index >= 15 is 0 Å². The smallest absolute Gasteiger partial charge is 0.338 e. The predicted octanol–water partition coefficient (Wildman–Crippen LogP) is 1.17. The van der Waals surface area contributed by atoms with Gasteiger partial charge in [0.25, 0.3) is 0 Å². The molecule has 0 aromatic heterocycles. The van der Waals surface area contributed by atoms with E-state index in [1.54, 1.807) is 20.8 Å². The van der Waals surface area contributed by atoms with Crippen LogP contribution in [0.5, 0.6) is 0 Å². The lowest BCUT2D eigenvalue weighted by Crippen LogP contribution is -2.44. The standard InChI is InChI=1S/C14H19NO6S/c1-8(2)12(13(16)17)15-22(19,20)10-6-5-9(3)11(7-10)14(18)21-4/h5-8,12,15H,1-4H3,(H,16,17)/t12-/m1/s1. The van der Waals surface area contributed by atoms with E-state index in [4.69, 9.17) is 5.11 Å². The molecular formula is C14H19NO6S. The Morgan fingerprint density at radius 2 is 1.86 bits per heavy atom. The van der Waals surface area contributed by atoms with Crippen LogP contribution >= 0.6 is 0 Å². The van der Waals surface area contributed by atoms with Gasteiger partial charge in [0.15, 0.2) is 0 Å². The number of sulfonamides is 1. The third-order valence-electron chi connectivity index (χ3n) is 3.14. The Balaban J connectivity index is 3.23. The van der Waals surface area contributed by atoms with Gasteiger partial charge in [0.05, 0.1) is 17.6 Å². The van der Waals surface area contributed by atoms with Crippen LogP contribution in [0.15, 0.2) is 23.1 Å². The summed E-state index contributed by atoms with van der Waals surface area (Å²) in [6, 6.07) is 2.69. The van der Waals surface area contributed by atoms with Crippen molar-refractivity contribution in [2.45, 2.75) is 31.7 Å². The second kappa shape index (κ2) is 6.89. The number of rotatable bonds is 6. The van der Waals surface area contributed by atoms with E-state index < -0.39 is 33.9 Å². The summed E-state index contributed by atoms with van der Waals surface area (Å²) in [4.78, 5) is 22.6. The van der Waals surface area contributed by atoms with Crippen LogP contribution in [-0.4, -0.2) is 38.6 Å². The highest BCUT2D eigenvalue weighted by Crippen LogP contribution is 2.18. The van der Waals surface area contributed by atoms with Crippen molar-refractivity contribution in [2.75, 3.05) is 7.11 Å². The molecule has 0 aliphatic heterocycles. The maximum absolute atomic E-state index is 12.3. The second-order valence-corrected chi connectivity index (χ2v) is 6.86. The Morgan fingerprint density at radius 1 is 1.27 bits per heavy atom. The van der Waals surface area contributed by atoms with Crippen molar-refractivity contribution in [1.29, 1.82) is 0 Å². The Kier molecular flexibility index (Phi) is 5.67. The number of carbonyl (C=O) groups is 2. The minimum atomic E-state index is -4.07. The molecule has 0 aliphatic carbocycles. The quantitative estimate of drug-likeness (QED) is 0.758. The van der Waals surface area contributed by atoms with Crippen molar-refractivity contribution in [3.8, 4) is 0 Å². The number of hydrogen-bond acceptors (Lipinski definition) is 5. The summed E-state index contributed by atoms with van der Waals surface area (Å²) in [6.07, 6.45) is 0. The third-order valence-corrected chi connectivity index (χ3v) is 4.58. The lowest BCUT2D eigenvalue weighted by Gasteiger charge is -2.18. The number of nitrogens with one attached hydrogen (secondary N) is 1. The van der Waals surface area contributed by atoms with Crippen molar-refractivity contribution >= 4 is 22.0 Å². The Hall–Kier alpha value is -1.93. The Bertz CT molecular complexity index is 681. The fourth-order valence-electron chi connectivity index (χ4n) is 1.80. The highest BCUT2D eigenvalue weighted by Gasteiger charge is 2.28. The van der Waals surface area contributed by atoms with Gasteiger partial charge in [-0.05, 0) is 30.5 Å². The first-order valence-electron chi connectivity index (χ1n) is 6.54. The van der Waals surface area contributed by atoms with Crippen LogP contribution in [0.4, 0.5) is 0 Å². The van der Waals surface area contributed by atoms with E-state index in [0.29, 0.717) is 5.56 Å². The van der Waals surface area contributed by atoms with Gasteiger partial charge < -0.3 is 9.84 Å². The lowest BCUT2D eigenvalue weighted by atomic mass is 10.1. The summed E-state index contributed by atoms with van der Waals surface area (Å²) in [5, 5.41) is 9.08. The zero-order chi connectivity index (χ0) is 17.1. The highest BCUT2D eigenvalue weighted by molar-refractivity contribution is 7.89. The third kappa shape index (κ3) is 4.05. The molecule has 1 aromatic carbocycles. The molecule has 0 aliphatic rings. The second-order valence-electron chi connectivity index (χ2n) is 5.15. The van der Waals surface area contributed by atoms with Crippen molar-refractivity contribution < 1.29 is 27.9 Å². The van der Waals surface area contributed by atoms with Crippen LogP contribution < -0.4 is 4.72 Å². The molecule has 1 rings (SSSR count). The molecule has 0 bridgehead atoms. The van der Waals surface area contributed by atoms with Crippen LogP contribution in [0.25, 0.3) is 0 Å². The van der Waals surface area contributed by atoms with Crippen LogP contribution in [0.2, 0.25) is 0 Å². The highest BCUT2D eigenvalue weighted by atomic mass is 32.2. The summed E-state index contributed by atoms with van der Waals surface area (Å²) in [5.41, 5.74) is 0.672. The topological polar surface area (TPSA) is 110 Å². The Labute approximate surface area is 129 Å². The molecule has 0 spiro atoms. The largest absolute Gasteiger partial charge is 0.480 e. The predicted molar refractivity (Wildman–Crippen MR) is 79.1 cm³/mol. The number of aryl methyl sites for hydroxylation is 1. The molecule has 0 saturated carbocycles. The number of benzene rings is 1. The number of aliphatic carboxylic acids is 1. The van der Waals surface area contributed by atoms with Crippen molar-refractivity contribution in [1.82, 2.24) is 4.72 Å². The van der Waals surface area contributed by atoms with Gasteiger partial charge in [-0.1, -0.05) is 19.9 Å². The van der Waals surface area contributed by atoms with Crippen molar-refractivity contribution in [3.63, 3.8) is 0 Å². The average Bonchev–Trinajstić information content (AvgIpc) is 2.43. The van der Waals surface area contributed by atoms with Gasteiger partial charge in [-0.15, -0.1) is 0 Å². The van der Waals surface area contributed by atoms with Gasteiger partial charge >= 0.3 is 11.9 Å². The number of carbonyl (C=O) groups excluding carboxylic acids is 1. The first-order chi connectivity index (χ1) is 10.1. The minimum absolute atomic E-state index is 0.113. The maximum Gasteiger partial charge on any atom is 0.338 e. The van der Waals surface area contributed by atoms with Gasteiger partial charge in [-0.25, -0.2) is 13.2 Å². The van der Waals surface area contributed by atoms with Gasteiger partial charge in [0, 0.05) is 0 Å². The number of hydrogen-bond donors (Lipinski definition) is 2. The summed E-state index contributed by atoms with van der Waals surface area (Å²) in [7, 11) is -2.87. The van der Waals surface area contributed by atoms with Gasteiger partial charge in [0.1, 0.15) is 6.04 Å². The van der Waals surface area contributed by atoms with E-state index in [9.17, 15) is 18.0 Å². The Morgan fingerprint density at radius 3 is 2.32 bits per heavy atom. The number of methoxy groups -OCH3 is 1. The summed E-state index contributed by atoms with van der Waals surface area (Å²) >= 11 is 0. The summed E-state index contributed by atoms with van der Waals surface area (Å²) in [6.45, 7) is 4.83. The number of esters is 1. The number of ether oxygens (including phenoxy) is 1. The normalized spacial score (nSPS) is 13.0. The van der Waals surface area contributed by atoms with Crippen molar-refractivity contribution in [2.24, 2.45) is 5.92 Å². The zero-order valence-electron chi connectivity index (χ0n) is 12.8. The van der Waals surface area contributed by atoms with Crippen LogP contribution in [-0.2, 0) is 19.6 Å². The molecule has 0 heterocycles. The fourth-order valence-corrected chi connectivity index (χ4v) is 3.17. The molecule has 22 heavy (non-hydrogen) atoms. The molecule has 0 saturated heterocycles. The summed E-state index contributed by atoms with van der Waals surface area (Å²) < 4.78 is 31.3. The lowest BCUT2D eigenvalue weighted by molar-refractivity contribution is -0.140. The average molecular weight is 329 g/mol. The molecule has 0 radical (unpaired) electrons. The fraction of sp³-hybridized carbons (Fsp3) is 0.429. The van der Waals surface area contributed by atoms with Gasteiger partial charge in [-0.2, -0.15) is 4.72 Å². The van der Waals surface area contributed by atoms with E-state index in [1.165, 1.54) is 25.3 Å². The van der Waals surface area contributed by atoms with Gasteiger partial charge in [-0.3, -0.25) is 4.79 Å². The molecule has 7 nitrogen and oxygen atoms in total. The molecule has 8 heteroatoms. The molecule has 0 amide bonds. The van der Waals surface area contributed by atoms with E-state index in [0.717, 1.165) is 0 Å². The first-order valence-corrected chi connectivity index (χ1v) is 8.02. The van der Waals surface area contributed by atoms with E-state index in [1.807, 2.05) is 0 Å². The molecule has 122 valence electrons. The monoisotopic (exact) mass is 329 g/mol. The minimum Gasteiger partial charge on any atom is -0.480 e. The molecule has 0 unspecified atom stereocenters. The van der Waals surface area contributed by atoms with Crippen LogP contribution in [0.1, 0.15) is 29.8 Å². The van der Waals surface area contributed by atoms with Crippen LogP contribution in [0, 0.1) is 12.8 Å². The number of carboxylic acids is 1. The van der Waals surface area contributed by atoms with E-state index in [-0.39, 0.29) is 10.5 Å².